The van der Waals surface area contributed by atoms with Gasteiger partial charge in [-0.25, -0.2) is 9.59 Å². The Morgan fingerprint density at radius 3 is 2.00 bits per heavy atom. The number of alkyl carbamates (subject to hydrolysis) is 1. The maximum absolute atomic E-state index is 11.9. The van der Waals surface area contributed by atoms with Gasteiger partial charge in [0.05, 0.1) is 12.7 Å². The van der Waals surface area contributed by atoms with E-state index in [1.807, 2.05) is 60.7 Å². The second kappa shape index (κ2) is 9.44. The predicted octanol–water partition coefficient (Wildman–Crippen LogP) is 2.97. The molecule has 6 nitrogen and oxygen atoms in total. The molecule has 1 unspecified atom stereocenters. The van der Waals surface area contributed by atoms with E-state index in [-0.39, 0.29) is 13.2 Å². The lowest BCUT2D eigenvalue weighted by atomic mass is 10.2. The van der Waals surface area contributed by atoms with E-state index in [1.165, 1.54) is 0 Å². The van der Waals surface area contributed by atoms with Gasteiger partial charge in [-0.15, -0.1) is 0 Å². The first kappa shape index (κ1) is 18.5. The zero-order valence-corrected chi connectivity index (χ0v) is 13.9. The Labute approximate surface area is 146 Å². The molecular weight excluding hydrogens is 322 g/mol. The number of rotatable bonds is 8. The molecule has 1 amide bonds. The van der Waals surface area contributed by atoms with Crippen LogP contribution in [0.1, 0.15) is 18.1 Å². The number of carbonyl (C=O) groups is 2. The van der Waals surface area contributed by atoms with E-state index in [0.29, 0.717) is 0 Å². The molecule has 0 aliphatic rings. The van der Waals surface area contributed by atoms with E-state index >= 15 is 0 Å². The maximum Gasteiger partial charge on any atom is 0.408 e. The van der Waals surface area contributed by atoms with Crippen LogP contribution in [0.5, 0.6) is 0 Å². The Morgan fingerprint density at radius 1 is 0.960 bits per heavy atom. The molecule has 0 fully saturated rings. The molecule has 6 heteroatoms. The number of carboxylic acids is 1. The molecule has 132 valence electrons. The fraction of sp³-hybridized carbons (Fsp3) is 0.263. The first-order valence-corrected chi connectivity index (χ1v) is 7.92. The summed E-state index contributed by atoms with van der Waals surface area (Å²) in [6, 6.07) is 17.3. The predicted molar refractivity (Wildman–Crippen MR) is 91.9 cm³/mol. The highest BCUT2D eigenvalue weighted by Gasteiger charge is 2.28. The van der Waals surface area contributed by atoms with Crippen LogP contribution in [0.3, 0.4) is 0 Å². The molecule has 2 N–H and O–H groups in total. The van der Waals surface area contributed by atoms with Crippen molar-refractivity contribution in [2.45, 2.75) is 32.3 Å². The highest BCUT2D eigenvalue weighted by atomic mass is 16.5. The number of hydrogen-bond acceptors (Lipinski definition) is 4. The highest BCUT2D eigenvalue weighted by Crippen LogP contribution is 2.07. The number of nitrogens with one attached hydrogen (secondary N) is 1. The zero-order valence-electron chi connectivity index (χ0n) is 13.9. The normalized spacial score (nSPS) is 12.8. The standard InChI is InChI=1S/C19H21NO5/c1-14(24-12-15-8-4-2-5-9-15)17(18(21)22)20-19(23)25-13-16-10-6-3-7-11-16/h2-11,14,17H,12-13H2,1H3,(H,20,23)(H,21,22)/t14?,17-/m0/s1. The van der Waals surface area contributed by atoms with E-state index < -0.39 is 24.2 Å². The number of carboxylic acid groups (broad SMARTS) is 1. The van der Waals surface area contributed by atoms with Gasteiger partial charge in [0.15, 0.2) is 6.04 Å². The van der Waals surface area contributed by atoms with Gasteiger partial charge in [-0.1, -0.05) is 60.7 Å². The topological polar surface area (TPSA) is 84.9 Å². The van der Waals surface area contributed by atoms with Crippen LogP contribution in [0.15, 0.2) is 60.7 Å². The second-order valence-corrected chi connectivity index (χ2v) is 5.52. The van der Waals surface area contributed by atoms with Crippen LogP contribution in [0.4, 0.5) is 4.79 Å². The molecule has 0 heterocycles. The van der Waals surface area contributed by atoms with Crippen molar-refractivity contribution >= 4 is 12.1 Å². The number of hydrogen-bond donors (Lipinski definition) is 2. The van der Waals surface area contributed by atoms with Gasteiger partial charge in [0.2, 0.25) is 0 Å². The Hall–Kier alpha value is -2.86. The molecule has 2 atom stereocenters. The summed E-state index contributed by atoms with van der Waals surface area (Å²) in [7, 11) is 0. The molecule has 0 bridgehead atoms. The lowest BCUT2D eigenvalue weighted by Crippen LogP contribution is -2.48. The largest absolute Gasteiger partial charge is 0.480 e. The van der Waals surface area contributed by atoms with Crippen molar-refractivity contribution in [2.24, 2.45) is 0 Å². The van der Waals surface area contributed by atoms with Crippen molar-refractivity contribution in [3.63, 3.8) is 0 Å². The average Bonchev–Trinajstić information content (AvgIpc) is 2.64. The van der Waals surface area contributed by atoms with Crippen molar-refractivity contribution in [1.29, 1.82) is 0 Å². The van der Waals surface area contributed by atoms with Gasteiger partial charge in [0.25, 0.3) is 0 Å². The van der Waals surface area contributed by atoms with E-state index in [2.05, 4.69) is 5.32 Å². The monoisotopic (exact) mass is 343 g/mol. The summed E-state index contributed by atoms with van der Waals surface area (Å²) in [5, 5.41) is 11.7. The van der Waals surface area contributed by atoms with Crippen molar-refractivity contribution < 1.29 is 24.2 Å². The Morgan fingerprint density at radius 2 is 1.48 bits per heavy atom. The fourth-order valence-corrected chi connectivity index (χ4v) is 2.17. The summed E-state index contributed by atoms with van der Waals surface area (Å²) >= 11 is 0. The first-order valence-electron chi connectivity index (χ1n) is 7.92. The maximum atomic E-state index is 11.9. The second-order valence-electron chi connectivity index (χ2n) is 5.52. The molecule has 0 aromatic heterocycles. The van der Waals surface area contributed by atoms with Crippen LogP contribution in [0, 0.1) is 0 Å². The van der Waals surface area contributed by atoms with Gasteiger partial charge in [-0.05, 0) is 18.1 Å². The molecule has 2 aromatic carbocycles. The molecule has 25 heavy (non-hydrogen) atoms. The zero-order chi connectivity index (χ0) is 18.1. The quantitative estimate of drug-likeness (QED) is 0.770. The minimum absolute atomic E-state index is 0.0677. The minimum atomic E-state index is -1.20. The van der Waals surface area contributed by atoms with Gasteiger partial charge in [0, 0.05) is 0 Å². The van der Waals surface area contributed by atoms with Gasteiger partial charge in [-0.2, -0.15) is 0 Å². The summed E-state index contributed by atoms with van der Waals surface area (Å²) in [6.07, 6.45) is -1.52. The van der Waals surface area contributed by atoms with Crippen LogP contribution in [-0.4, -0.2) is 29.3 Å². The summed E-state index contributed by atoms with van der Waals surface area (Å²) in [6.45, 7) is 1.92. The molecular formula is C19H21NO5. The molecule has 0 spiro atoms. The molecule has 0 saturated carbocycles. The van der Waals surface area contributed by atoms with Gasteiger partial charge in [-0.3, -0.25) is 0 Å². The van der Waals surface area contributed by atoms with Gasteiger partial charge >= 0.3 is 12.1 Å². The summed E-state index contributed by atoms with van der Waals surface area (Å²) in [5.74, 6) is -1.18. The van der Waals surface area contributed by atoms with E-state index in [1.54, 1.807) is 6.92 Å². The highest BCUT2D eigenvalue weighted by molar-refractivity contribution is 5.80. The van der Waals surface area contributed by atoms with Crippen LogP contribution in [0.25, 0.3) is 0 Å². The van der Waals surface area contributed by atoms with Crippen LogP contribution in [0.2, 0.25) is 0 Å². The van der Waals surface area contributed by atoms with Crippen molar-refractivity contribution in [1.82, 2.24) is 5.32 Å². The smallest absolute Gasteiger partial charge is 0.408 e. The summed E-state index contributed by atoms with van der Waals surface area (Å²) in [4.78, 5) is 23.3. The van der Waals surface area contributed by atoms with E-state index in [0.717, 1.165) is 11.1 Å². The fourth-order valence-electron chi connectivity index (χ4n) is 2.17. The summed E-state index contributed by atoms with van der Waals surface area (Å²) < 4.78 is 10.6. The Bertz CT molecular complexity index is 675. The van der Waals surface area contributed by atoms with Gasteiger partial charge in [0.1, 0.15) is 6.61 Å². The third-order valence-corrected chi connectivity index (χ3v) is 3.58. The van der Waals surface area contributed by atoms with Crippen molar-refractivity contribution in [2.75, 3.05) is 0 Å². The van der Waals surface area contributed by atoms with E-state index in [9.17, 15) is 14.7 Å². The molecule has 0 aliphatic carbocycles. The average molecular weight is 343 g/mol. The molecule has 2 aromatic rings. The number of aliphatic carboxylic acids is 1. The van der Waals surface area contributed by atoms with Crippen molar-refractivity contribution in [3.05, 3.63) is 71.8 Å². The molecule has 0 radical (unpaired) electrons. The van der Waals surface area contributed by atoms with Gasteiger partial charge < -0.3 is 19.9 Å². The number of amides is 1. The SMILES string of the molecule is CC(OCc1ccccc1)[C@H](NC(=O)OCc1ccccc1)C(=O)O. The first-order chi connectivity index (χ1) is 12.1. The lowest BCUT2D eigenvalue weighted by molar-refractivity contribution is -0.143. The van der Waals surface area contributed by atoms with Crippen LogP contribution >= 0.6 is 0 Å². The van der Waals surface area contributed by atoms with Crippen molar-refractivity contribution in [3.8, 4) is 0 Å². The minimum Gasteiger partial charge on any atom is -0.480 e. The third-order valence-electron chi connectivity index (χ3n) is 3.58. The molecule has 0 saturated heterocycles. The summed E-state index contributed by atoms with van der Waals surface area (Å²) in [5.41, 5.74) is 1.74. The van der Waals surface area contributed by atoms with Crippen LogP contribution < -0.4 is 5.32 Å². The number of carbonyl (C=O) groups excluding carboxylic acids is 1. The third kappa shape index (κ3) is 6.27. The molecule has 0 aliphatic heterocycles. The molecule has 2 rings (SSSR count). The Kier molecular flexibility index (Phi) is 6.98. The number of ether oxygens (including phenoxy) is 2. The van der Waals surface area contributed by atoms with Crippen LogP contribution in [-0.2, 0) is 27.5 Å². The number of benzene rings is 2. The van der Waals surface area contributed by atoms with E-state index in [4.69, 9.17) is 9.47 Å². The Balaban J connectivity index is 1.84. The lowest BCUT2D eigenvalue weighted by Gasteiger charge is -2.21.